The van der Waals surface area contributed by atoms with Crippen molar-refractivity contribution in [3.63, 3.8) is 0 Å². The van der Waals surface area contributed by atoms with Gasteiger partial charge in [0.05, 0.1) is 28.1 Å². The zero-order valence-corrected chi connectivity index (χ0v) is 15.8. The maximum atomic E-state index is 13.4. The van der Waals surface area contributed by atoms with E-state index in [0.29, 0.717) is 17.7 Å². The molecule has 1 heterocycles. The van der Waals surface area contributed by atoms with Crippen LogP contribution in [0.15, 0.2) is 53.4 Å². The summed E-state index contributed by atoms with van der Waals surface area (Å²) < 4.78 is 52.0. The van der Waals surface area contributed by atoms with E-state index in [1.807, 2.05) is 13.0 Å². The molecule has 1 aliphatic rings. The Kier molecular flexibility index (Phi) is 4.64. The van der Waals surface area contributed by atoms with Crippen molar-refractivity contribution in [1.29, 1.82) is 0 Å². The van der Waals surface area contributed by atoms with E-state index >= 15 is 0 Å². The fourth-order valence-corrected chi connectivity index (χ4v) is 6.96. The molecular formula is C18H21NO4S2. The van der Waals surface area contributed by atoms with E-state index < -0.39 is 25.9 Å². The molecule has 0 aromatic heterocycles. The van der Waals surface area contributed by atoms with Gasteiger partial charge in [-0.1, -0.05) is 30.3 Å². The molecule has 0 saturated carbocycles. The third-order valence-electron chi connectivity index (χ3n) is 4.43. The summed E-state index contributed by atoms with van der Waals surface area (Å²) in [4.78, 5) is 0.223. The highest BCUT2D eigenvalue weighted by Crippen LogP contribution is 2.32. The molecule has 25 heavy (non-hydrogen) atoms. The van der Waals surface area contributed by atoms with Gasteiger partial charge >= 0.3 is 0 Å². The second kappa shape index (κ2) is 6.46. The van der Waals surface area contributed by atoms with Crippen LogP contribution in [0.2, 0.25) is 0 Å². The minimum atomic E-state index is -3.87. The fourth-order valence-electron chi connectivity index (χ4n) is 3.17. The number of hydrogen-bond donors (Lipinski definition) is 0. The summed E-state index contributed by atoms with van der Waals surface area (Å²) in [5.41, 5.74) is 1.98. The molecule has 7 heteroatoms. The predicted molar refractivity (Wildman–Crippen MR) is 99.1 cm³/mol. The van der Waals surface area contributed by atoms with Crippen LogP contribution in [0, 0.1) is 13.8 Å². The Hall–Kier alpha value is -1.86. The smallest absolute Gasteiger partial charge is 0.262 e. The number of anilines is 1. The lowest BCUT2D eigenvalue weighted by atomic mass is 10.2. The lowest BCUT2D eigenvalue weighted by Crippen LogP contribution is -2.41. The third kappa shape index (κ3) is 3.57. The van der Waals surface area contributed by atoms with E-state index in [1.54, 1.807) is 49.4 Å². The number of nitrogens with zero attached hydrogens (tertiary/aromatic N) is 1. The van der Waals surface area contributed by atoms with Crippen molar-refractivity contribution in [1.82, 2.24) is 0 Å². The number of aryl methyl sites for hydroxylation is 2. The average molecular weight is 380 g/mol. The molecule has 0 bridgehead atoms. The quantitative estimate of drug-likeness (QED) is 0.819. The highest BCUT2D eigenvalue weighted by Gasteiger charge is 2.39. The summed E-state index contributed by atoms with van der Waals surface area (Å²) in [6.45, 7) is 3.59. The Bertz CT molecular complexity index is 983. The second-order valence-electron chi connectivity index (χ2n) is 6.46. The molecule has 5 nitrogen and oxygen atoms in total. The Morgan fingerprint density at radius 3 is 2.32 bits per heavy atom. The molecule has 0 aliphatic carbocycles. The van der Waals surface area contributed by atoms with Gasteiger partial charge < -0.3 is 0 Å². The van der Waals surface area contributed by atoms with E-state index in [-0.39, 0.29) is 16.4 Å². The maximum Gasteiger partial charge on any atom is 0.264 e. The molecule has 134 valence electrons. The largest absolute Gasteiger partial charge is 0.264 e. The van der Waals surface area contributed by atoms with Crippen molar-refractivity contribution in [2.24, 2.45) is 0 Å². The monoisotopic (exact) mass is 379 g/mol. The summed E-state index contributed by atoms with van der Waals surface area (Å²) in [6.07, 6.45) is 0.307. The first kappa shape index (κ1) is 17.9. The van der Waals surface area contributed by atoms with Gasteiger partial charge in [0.2, 0.25) is 0 Å². The van der Waals surface area contributed by atoms with Gasteiger partial charge in [-0.2, -0.15) is 0 Å². The van der Waals surface area contributed by atoms with Crippen LogP contribution in [-0.4, -0.2) is 34.4 Å². The summed E-state index contributed by atoms with van der Waals surface area (Å²) in [5.74, 6) is -0.130. The van der Waals surface area contributed by atoms with E-state index in [9.17, 15) is 16.8 Å². The summed E-state index contributed by atoms with van der Waals surface area (Å²) in [6, 6.07) is 13.4. The van der Waals surface area contributed by atoms with E-state index in [1.165, 1.54) is 4.31 Å². The van der Waals surface area contributed by atoms with Gasteiger partial charge in [0.1, 0.15) is 0 Å². The van der Waals surface area contributed by atoms with E-state index in [4.69, 9.17) is 0 Å². The topological polar surface area (TPSA) is 71.5 Å². The molecule has 1 fully saturated rings. The van der Waals surface area contributed by atoms with Crippen LogP contribution in [0.5, 0.6) is 0 Å². The van der Waals surface area contributed by atoms with Crippen LogP contribution in [0.3, 0.4) is 0 Å². The number of hydrogen-bond acceptors (Lipinski definition) is 4. The molecular weight excluding hydrogens is 358 g/mol. The molecule has 2 aromatic rings. The lowest BCUT2D eigenvalue weighted by molar-refractivity contribution is 0.579. The Morgan fingerprint density at radius 2 is 1.72 bits per heavy atom. The van der Waals surface area contributed by atoms with Crippen LogP contribution in [0.4, 0.5) is 5.69 Å². The van der Waals surface area contributed by atoms with Crippen LogP contribution in [-0.2, 0) is 19.9 Å². The molecule has 0 unspecified atom stereocenters. The van der Waals surface area contributed by atoms with Crippen molar-refractivity contribution in [3.05, 3.63) is 59.7 Å². The molecule has 3 rings (SSSR count). The lowest BCUT2D eigenvalue weighted by Gasteiger charge is -2.30. The second-order valence-corrected chi connectivity index (χ2v) is 10.5. The van der Waals surface area contributed by atoms with Crippen molar-refractivity contribution in [2.45, 2.75) is 31.2 Å². The maximum absolute atomic E-state index is 13.4. The van der Waals surface area contributed by atoms with Crippen molar-refractivity contribution < 1.29 is 16.8 Å². The minimum Gasteiger partial charge on any atom is -0.262 e. The summed E-state index contributed by atoms with van der Waals surface area (Å²) >= 11 is 0. The van der Waals surface area contributed by atoms with Gasteiger partial charge in [0.15, 0.2) is 9.84 Å². The van der Waals surface area contributed by atoms with Gasteiger partial charge in [0.25, 0.3) is 10.0 Å². The van der Waals surface area contributed by atoms with Crippen LogP contribution in [0.25, 0.3) is 0 Å². The highest BCUT2D eigenvalue weighted by molar-refractivity contribution is 7.93. The molecule has 0 amide bonds. The van der Waals surface area contributed by atoms with Crippen LogP contribution >= 0.6 is 0 Å². The molecule has 0 spiro atoms. The Balaban J connectivity index is 2.16. The molecule has 2 aromatic carbocycles. The van der Waals surface area contributed by atoms with Gasteiger partial charge in [-0.15, -0.1) is 0 Å². The zero-order chi connectivity index (χ0) is 18.2. The summed E-state index contributed by atoms with van der Waals surface area (Å²) in [7, 11) is -7.09. The number of sulfonamides is 1. The van der Waals surface area contributed by atoms with Crippen molar-refractivity contribution >= 4 is 25.5 Å². The average Bonchev–Trinajstić information content (AvgIpc) is 2.90. The Morgan fingerprint density at radius 1 is 1.04 bits per heavy atom. The first-order valence-electron chi connectivity index (χ1n) is 8.08. The van der Waals surface area contributed by atoms with Gasteiger partial charge in [-0.05, 0) is 49.6 Å². The first-order chi connectivity index (χ1) is 11.7. The van der Waals surface area contributed by atoms with Crippen LogP contribution in [0.1, 0.15) is 17.5 Å². The van der Waals surface area contributed by atoms with Gasteiger partial charge in [0, 0.05) is 0 Å². The first-order valence-corrected chi connectivity index (χ1v) is 11.3. The number of para-hydroxylation sites is 1. The number of sulfone groups is 1. The van der Waals surface area contributed by atoms with Gasteiger partial charge in [-0.3, -0.25) is 4.31 Å². The molecule has 0 N–H and O–H groups in total. The van der Waals surface area contributed by atoms with Crippen molar-refractivity contribution in [3.8, 4) is 0 Å². The number of rotatable bonds is 4. The molecule has 1 saturated heterocycles. The molecule has 0 radical (unpaired) electrons. The van der Waals surface area contributed by atoms with Gasteiger partial charge in [-0.25, -0.2) is 16.8 Å². The Labute approximate surface area is 149 Å². The normalized spacial score (nSPS) is 19.7. The minimum absolute atomic E-state index is 0.0172. The standard InChI is InChI=1S/C18H21NO4S2/c1-14-8-9-15(2)18(12-14)25(22,23)19(16-6-4-3-5-7-16)17-10-11-24(20,21)13-17/h3-9,12,17H,10-11,13H2,1-2H3/t17-/m0/s1. The van der Waals surface area contributed by atoms with Crippen LogP contribution < -0.4 is 4.31 Å². The third-order valence-corrected chi connectivity index (χ3v) is 8.20. The molecule has 1 atom stereocenters. The predicted octanol–water partition coefficient (Wildman–Crippen LogP) is 2.69. The SMILES string of the molecule is Cc1ccc(C)c(S(=O)(=O)N(c2ccccc2)[C@H]2CCS(=O)(=O)C2)c1. The van der Waals surface area contributed by atoms with E-state index in [0.717, 1.165) is 5.56 Å². The van der Waals surface area contributed by atoms with E-state index in [2.05, 4.69) is 0 Å². The van der Waals surface area contributed by atoms with Crippen molar-refractivity contribution in [2.75, 3.05) is 15.8 Å². The number of benzene rings is 2. The molecule has 1 aliphatic heterocycles. The summed E-state index contributed by atoms with van der Waals surface area (Å²) in [5, 5.41) is 0. The highest BCUT2D eigenvalue weighted by atomic mass is 32.2. The zero-order valence-electron chi connectivity index (χ0n) is 14.2. The fraction of sp³-hybridized carbons (Fsp3) is 0.333.